The van der Waals surface area contributed by atoms with Crippen molar-refractivity contribution >= 4 is 38.5 Å². The Labute approximate surface area is 123 Å². The van der Waals surface area contributed by atoms with Crippen LogP contribution in [0.4, 0.5) is 5.69 Å². The molecule has 0 radical (unpaired) electrons. The second-order valence-electron chi connectivity index (χ2n) is 4.39. The van der Waals surface area contributed by atoms with Gasteiger partial charge in [0, 0.05) is 33.5 Å². The van der Waals surface area contributed by atoms with Gasteiger partial charge in [-0.15, -0.1) is 0 Å². The first-order valence-electron chi connectivity index (χ1n) is 6.05. The summed E-state index contributed by atoms with van der Waals surface area (Å²) < 4.78 is 6.59. The number of carbonyl (C=O) groups is 1. The summed E-state index contributed by atoms with van der Waals surface area (Å²) in [7, 11) is 0. The van der Waals surface area contributed by atoms with Crippen LogP contribution in [0.15, 0.2) is 51.6 Å². The minimum absolute atomic E-state index is 0.263. The predicted molar refractivity (Wildman–Crippen MR) is 80.8 cm³/mol. The molecule has 0 saturated carbocycles. The minimum Gasteiger partial charge on any atom is -0.451 e. The van der Waals surface area contributed by atoms with Gasteiger partial charge in [0.1, 0.15) is 5.58 Å². The van der Waals surface area contributed by atoms with Crippen molar-refractivity contribution in [3.05, 3.63) is 58.5 Å². The average Bonchev–Trinajstić information content (AvgIpc) is 2.77. The van der Waals surface area contributed by atoms with Crippen LogP contribution in [-0.2, 0) is 0 Å². The zero-order valence-corrected chi connectivity index (χ0v) is 12.3. The fraction of sp³-hybridized carbons (Fsp3) is 0.0667. The minimum atomic E-state index is -0.263. The van der Waals surface area contributed by atoms with E-state index in [9.17, 15) is 4.79 Å². The number of hydrogen-bond donors (Lipinski definition) is 1. The highest BCUT2D eigenvalue weighted by Crippen LogP contribution is 2.28. The first kappa shape index (κ1) is 12.9. The van der Waals surface area contributed by atoms with Gasteiger partial charge in [-0.2, -0.15) is 0 Å². The van der Waals surface area contributed by atoms with Crippen LogP contribution in [0.2, 0.25) is 0 Å². The molecule has 2 aromatic heterocycles. The lowest BCUT2D eigenvalue weighted by atomic mass is 10.1. The maximum absolute atomic E-state index is 12.3. The van der Waals surface area contributed by atoms with Gasteiger partial charge in [-0.25, -0.2) is 0 Å². The lowest BCUT2D eigenvalue weighted by molar-refractivity contribution is 0.0998. The van der Waals surface area contributed by atoms with Crippen LogP contribution in [0.25, 0.3) is 11.0 Å². The smallest absolute Gasteiger partial charge is 0.291 e. The maximum Gasteiger partial charge on any atom is 0.291 e. The van der Waals surface area contributed by atoms with Crippen LogP contribution in [0.5, 0.6) is 0 Å². The zero-order chi connectivity index (χ0) is 14.1. The molecule has 100 valence electrons. The van der Waals surface area contributed by atoms with Crippen LogP contribution in [0, 0.1) is 6.92 Å². The van der Waals surface area contributed by atoms with Crippen molar-refractivity contribution in [2.45, 2.75) is 6.92 Å². The summed E-state index contributed by atoms with van der Waals surface area (Å²) in [5.74, 6) is 0.0657. The lowest BCUT2D eigenvalue weighted by Gasteiger charge is -2.02. The van der Waals surface area contributed by atoms with Crippen LogP contribution in [0.3, 0.4) is 0 Å². The molecule has 20 heavy (non-hydrogen) atoms. The molecule has 2 heterocycles. The van der Waals surface area contributed by atoms with E-state index in [1.807, 2.05) is 25.1 Å². The number of rotatable bonds is 2. The summed E-state index contributed by atoms with van der Waals surface area (Å²) >= 11 is 3.42. The highest BCUT2D eigenvalue weighted by molar-refractivity contribution is 9.10. The lowest BCUT2D eigenvalue weighted by Crippen LogP contribution is -2.11. The largest absolute Gasteiger partial charge is 0.451 e. The number of benzene rings is 1. The number of carbonyl (C=O) groups excluding carboxylic acids is 1. The maximum atomic E-state index is 12.3. The number of aromatic nitrogens is 1. The number of fused-ring (bicyclic) bond motifs is 1. The number of nitrogens with zero attached hydrogens (tertiary/aromatic N) is 1. The summed E-state index contributed by atoms with van der Waals surface area (Å²) in [5, 5.41) is 3.72. The topological polar surface area (TPSA) is 55.1 Å². The quantitative estimate of drug-likeness (QED) is 0.767. The summed E-state index contributed by atoms with van der Waals surface area (Å²) in [6.07, 6.45) is 3.25. The molecule has 4 nitrogen and oxygen atoms in total. The molecule has 5 heteroatoms. The third kappa shape index (κ3) is 2.32. The van der Waals surface area contributed by atoms with Gasteiger partial charge in [0.15, 0.2) is 5.76 Å². The fourth-order valence-corrected chi connectivity index (χ4v) is 2.39. The molecule has 0 unspecified atom stereocenters. The number of amides is 1. The molecule has 3 aromatic rings. The Morgan fingerprint density at radius 1 is 1.25 bits per heavy atom. The highest BCUT2D eigenvalue weighted by Gasteiger charge is 2.17. The van der Waals surface area contributed by atoms with Crippen LogP contribution in [0.1, 0.15) is 16.1 Å². The standard InChI is InChI=1S/C15H11BrN2O2/c1-9-12-8-10(16)2-3-13(12)20-14(9)15(19)18-11-4-6-17-7-5-11/h2-8H,1H3,(H,17,18,19). The number of pyridine rings is 1. The molecule has 3 rings (SSSR count). The van der Waals surface area contributed by atoms with Crippen molar-refractivity contribution < 1.29 is 9.21 Å². The van der Waals surface area contributed by atoms with E-state index in [0.717, 1.165) is 15.4 Å². The van der Waals surface area contributed by atoms with Crippen LogP contribution in [-0.4, -0.2) is 10.9 Å². The van der Waals surface area contributed by atoms with Crippen molar-refractivity contribution in [3.63, 3.8) is 0 Å². The van der Waals surface area contributed by atoms with E-state index in [2.05, 4.69) is 26.2 Å². The molecule has 0 atom stereocenters. The van der Waals surface area contributed by atoms with Gasteiger partial charge in [-0.05, 0) is 37.3 Å². The number of hydrogen-bond acceptors (Lipinski definition) is 3. The Kier molecular flexibility index (Phi) is 3.28. The number of halogens is 1. The molecule has 0 aliphatic heterocycles. The zero-order valence-electron chi connectivity index (χ0n) is 10.7. The molecule has 0 bridgehead atoms. The van der Waals surface area contributed by atoms with E-state index >= 15 is 0 Å². The molecule has 0 saturated heterocycles. The van der Waals surface area contributed by atoms with Crippen molar-refractivity contribution in [2.75, 3.05) is 5.32 Å². The second-order valence-corrected chi connectivity index (χ2v) is 5.30. The van der Waals surface area contributed by atoms with E-state index < -0.39 is 0 Å². The van der Waals surface area contributed by atoms with Gasteiger partial charge < -0.3 is 9.73 Å². The van der Waals surface area contributed by atoms with Gasteiger partial charge in [0.05, 0.1) is 0 Å². The number of aryl methyl sites for hydroxylation is 1. The molecular weight excluding hydrogens is 320 g/mol. The van der Waals surface area contributed by atoms with Crippen molar-refractivity contribution in [1.29, 1.82) is 0 Å². The van der Waals surface area contributed by atoms with Crippen molar-refractivity contribution in [2.24, 2.45) is 0 Å². The predicted octanol–water partition coefficient (Wildman–Crippen LogP) is 4.15. The Balaban J connectivity index is 1.98. The summed E-state index contributed by atoms with van der Waals surface area (Å²) in [4.78, 5) is 16.2. The number of nitrogens with one attached hydrogen (secondary N) is 1. The number of furan rings is 1. The highest BCUT2D eigenvalue weighted by atomic mass is 79.9. The van der Waals surface area contributed by atoms with Crippen molar-refractivity contribution in [3.8, 4) is 0 Å². The summed E-state index contributed by atoms with van der Waals surface area (Å²) in [6, 6.07) is 9.13. The van der Waals surface area contributed by atoms with Gasteiger partial charge in [-0.1, -0.05) is 15.9 Å². The monoisotopic (exact) mass is 330 g/mol. The third-order valence-electron chi connectivity index (χ3n) is 3.04. The van der Waals surface area contributed by atoms with Gasteiger partial charge in [0.25, 0.3) is 5.91 Å². The average molecular weight is 331 g/mol. The number of anilines is 1. The fourth-order valence-electron chi connectivity index (χ4n) is 2.03. The first-order chi connectivity index (χ1) is 9.65. The van der Waals surface area contributed by atoms with E-state index in [4.69, 9.17) is 4.42 Å². The molecule has 0 aliphatic rings. The van der Waals surface area contributed by atoms with E-state index in [0.29, 0.717) is 17.0 Å². The van der Waals surface area contributed by atoms with E-state index in [1.54, 1.807) is 24.5 Å². The summed E-state index contributed by atoms with van der Waals surface area (Å²) in [5.41, 5.74) is 2.21. The summed E-state index contributed by atoms with van der Waals surface area (Å²) in [6.45, 7) is 1.87. The molecule has 1 N–H and O–H groups in total. The van der Waals surface area contributed by atoms with Gasteiger partial charge >= 0.3 is 0 Å². The Hall–Kier alpha value is -2.14. The normalized spacial score (nSPS) is 10.7. The third-order valence-corrected chi connectivity index (χ3v) is 3.54. The SMILES string of the molecule is Cc1c(C(=O)Nc2ccncc2)oc2ccc(Br)cc12. The molecule has 1 aromatic carbocycles. The Morgan fingerprint density at radius 3 is 2.75 bits per heavy atom. The Bertz CT molecular complexity index is 781. The molecular formula is C15H11BrN2O2. The van der Waals surface area contributed by atoms with E-state index in [1.165, 1.54) is 0 Å². The first-order valence-corrected chi connectivity index (χ1v) is 6.84. The molecule has 1 amide bonds. The molecule has 0 spiro atoms. The van der Waals surface area contributed by atoms with Crippen molar-refractivity contribution in [1.82, 2.24) is 4.98 Å². The Morgan fingerprint density at radius 2 is 2.00 bits per heavy atom. The van der Waals surface area contributed by atoms with E-state index in [-0.39, 0.29) is 5.91 Å². The van der Waals surface area contributed by atoms with Crippen LogP contribution < -0.4 is 5.32 Å². The van der Waals surface area contributed by atoms with Gasteiger partial charge in [-0.3, -0.25) is 9.78 Å². The second kappa shape index (κ2) is 5.09. The molecule has 0 fully saturated rings. The van der Waals surface area contributed by atoms with Gasteiger partial charge in [0.2, 0.25) is 0 Å². The van der Waals surface area contributed by atoms with Crippen LogP contribution >= 0.6 is 15.9 Å². The molecule has 0 aliphatic carbocycles.